The minimum absolute atomic E-state index is 0.152. The molecule has 1 N–H and O–H groups in total. The SMILES string of the molecule is CC.CC.CC(C)=c1[nH]c(=O)/c(=C/c2ccccc2)c(=O)n1C. The lowest BCUT2D eigenvalue weighted by molar-refractivity contribution is 0.755. The van der Waals surface area contributed by atoms with Crippen LogP contribution < -0.4 is 21.8 Å². The molecule has 4 nitrogen and oxygen atoms in total. The van der Waals surface area contributed by atoms with Gasteiger partial charge in [-0.3, -0.25) is 14.2 Å². The Morgan fingerprint density at radius 1 is 1.00 bits per heavy atom. The van der Waals surface area contributed by atoms with Gasteiger partial charge in [0, 0.05) is 7.05 Å². The molecule has 0 aliphatic heterocycles. The molecule has 23 heavy (non-hydrogen) atoms. The fraction of sp³-hybridized carbons (Fsp3) is 0.368. The highest BCUT2D eigenvalue weighted by atomic mass is 16.1. The van der Waals surface area contributed by atoms with Crippen LogP contribution in [0.3, 0.4) is 0 Å². The first-order valence-electron chi connectivity index (χ1n) is 8.04. The van der Waals surface area contributed by atoms with Crippen molar-refractivity contribution in [3.8, 4) is 0 Å². The predicted molar refractivity (Wildman–Crippen MR) is 99.0 cm³/mol. The average Bonchev–Trinajstić information content (AvgIpc) is 2.59. The lowest BCUT2D eigenvalue weighted by Crippen LogP contribution is -2.53. The Kier molecular flexibility index (Phi) is 9.31. The average molecular weight is 316 g/mol. The van der Waals surface area contributed by atoms with E-state index in [2.05, 4.69) is 4.98 Å². The summed E-state index contributed by atoms with van der Waals surface area (Å²) in [5.74, 6) is 0. The van der Waals surface area contributed by atoms with E-state index in [1.54, 1.807) is 13.1 Å². The molecule has 0 radical (unpaired) electrons. The van der Waals surface area contributed by atoms with Crippen LogP contribution in [0.5, 0.6) is 0 Å². The first-order valence-corrected chi connectivity index (χ1v) is 8.04. The number of nitrogens with zero attached hydrogens (tertiary/aromatic N) is 1. The summed E-state index contributed by atoms with van der Waals surface area (Å²) in [5.41, 5.74) is 1.63. The maximum Gasteiger partial charge on any atom is 0.264 e. The van der Waals surface area contributed by atoms with Gasteiger partial charge in [-0.05, 0) is 31.1 Å². The lowest BCUT2D eigenvalue weighted by atomic mass is 10.2. The molecule has 0 bridgehead atoms. The Bertz CT molecular complexity index is 824. The third-order valence-corrected chi connectivity index (χ3v) is 2.93. The number of aromatic nitrogens is 2. The summed E-state index contributed by atoms with van der Waals surface area (Å²) in [7, 11) is 1.66. The minimum atomic E-state index is -0.358. The molecule has 0 amide bonds. The fourth-order valence-electron chi connectivity index (χ4n) is 1.94. The highest BCUT2D eigenvalue weighted by Crippen LogP contribution is 1.97. The van der Waals surface area contributed by atoms with Crippen LogP contribution in [-0.4, -0.2) is 9.55 Å². The summed E-state index contributed by atoms with van der Waals surface area (Å²) in [5, 5.41) is 0.152. The number of benzene rings is 1. The number of hydrogen-bond donors (Lipinski definition) is 1. The second-order valence-corrected chi connectivity index (χ2v) is 4.64. The van der Waals surface area contributed by atoms with Crippen molar-refractivity contribution in [3.05, 3.63) is 67.3 Å². The lowest BCUT2D eigenvalue weighted by Gasteiger charge is -2.01. The molecule has 0 fully saturated rings. The largest absolute Gasteiger partial charge is 0.308 e. The predicted octanol–water partition coefficient (Wildman–Crippen LogP) is 2.15. The van der Waals surface area contributed by atoms with Gasteiger partial charge in [0.15, 0.2) is 0 Å². The van der Waals surface area contributed by atoms with Gasteiger partial charge in [-0.15, -0.1) is 0 Å². The molecular weight excluding hydrogens is 288 g/mol. The molecule has 0 atom stereocenters. The first-order chi connectivity index (χ1) is 11.0. The van der Waals surface area contributed by atoms with E-state index >= 15 is 0 Å². The zero-order valence-corrected chi connectivity index (χ0v) is 15.2. The summed E-state index contributed by atoms with van der Waals surface area (Å²) in [4.78, 5) is 27.0. The fourth-order valence-corrected chi connectivity index (χ4v) is 1.94. The van der Waals surface area contributed by atoms with Crippen LogP contribution in [0.15, 0.2) is 39.9 Å². The van der Waals surface area contributed by atoms with Gasteiger partial charge in [-0.25, -0.2) is 0 Å². The number of aromatic amines is 1. The summed E-state index contributed by atoms with van der Waals surface area (Å²) < 4.78 is 1.46. The van der Waals surface area contributed by atoms with Gasteiger partial charge in [0.1, 0.15) is 10.7 Å². The van der Waals surface area contributed by atoms with Gasteiger partial charge in [-0.2, -0.15) is 0 Å². The quantitative estimate of drug-likeness (QED) is 0.876. The number of H-pyrrole nitrogens is 1. The normalized spacial score (nSPS) is 10.1. The van der Waals surface area contributed by atoms with Gasteiger partial charge in [0.25, 0.3) is 11.1 Å². The Morgan fingerprint density at radius 2 is 1.52 bits per heavy atom. The van der Waals surface area contributed by atoms with E-state index < -0.39 is 0 Å². The molecule has 1 heterocycles. The Morgan fingerprint density at radius 3 is 2.00 bits per heavy atom. The summed E-state index contributed by atoms with van der Waals surface area (Å²) in [6, 6.07) is 9.32. The highest BCUT2D eigenvalue weighted by Gasteiger charge is 2.01. The van der Waals surface area contributed by atoms with Gasteiger partial charge >= 0.3 is 0 Å². The molecule has 126 valence electrons. The molecule has 2 rings (SSSR count). The van der Waals surface area contributed by atoms with Crippen LogP contribution in [0.25, 0.3) is 11.6 Å². The maximum atomic E-state index is 12.2. The molecule has 0 saturated carbocycles. The van der Waals surface area contributed by atoms with E-state index in [4.69, 9.17) is 0 Å². The summed E-state index contributed by atoms with van der Waals surface area (Å²) in [6.45, 7) is 11.7. The zero-order chi connectivity index (χ0) is 18.0. The standard InChI is InChI=1S/C15H16N2O2.2C2H6/c1-10(2)13-16-14(18)12(15(19)17(13)3)9-11-7-5-4-6-8-11;2*1-2/h4-9H,1-3H3,(H,16,18);2*1-2H3/b12-9-;;. The molecule has 0 aliphatic carbocycles. The van der Waals surface area contributed by atoms with E-state index in [0.717, 1.165) is 11.1 Å². The van der Waals surface area contributed by atoms with Crippen molar-refractivity contribution < 1.29 is 0 Å². The van der Waals surface area contributed by atoms with E-state index in [1.165, 1.54) is 4.57 Å². The highest BCUT2D eigenvalue weighted by molar-refractivity contribution is 5.48. The topological polar surface area (TPSA) is 54.9 Å². The molecule has 2 aromatic rings. The number of hydrogen-bond acceptors (Lipinski definition) is 2. The van der Waals surface area contributed by atoms with E-state index in [0.29, 0.717) is 5.48 Å². The second-order valence-electron chi connectivity index (χ2n) is 4.64. The monoisotopic (exact) mass is 316 g/mol. The molecule has 0 aliphatic rings. The maximum absolute atomic E-state index is 12.2. The number of rotatable bonds is 1. The summed E-state index contributed by atoms with van der Waals surface area (Å²) >= 11 is 0. The van der Waals surface area contributed by atoms with Crippen molar-refractivity contribution in [2.45, 2.75) is 41.5 Å². The van der Waals surface area contributed by atoms with Crippen molar-refractivity contribution in [2.24, 2.45) is 7.05 Å². The zero-order valence-electron chi connectivity index (χ0n) is 15.2. The van der Waals surface area contributed by atoms with Crippen molar-refractivity contribution in [1.29, 1.82) is 0 Å². The van der Waals surface area contributed by atoms with E-state index in [9.17, 15) is 9.59 Å². The van der Waals surface area contributed by atoms with Gasteiger partial charge in [0.2, 0.25) is 0 Å². The van der Waals surface area contributed by atoms with Crippen molar-refractivity contribution in [1.82, 2.24) is 9.55 Å². The van der Waals surface area contributed by atoms with Crippen LogP contribution in [0.1, 0.15) is 47.1 Å². The Hall–Kier alpha value is -2.36. The second kappa shape index (κ2) is 10.4. The number of nitrogens with one attached hydrogen (secondary N) is 1. The van der Waals surface area contributed by atoms with Crippen LogP contribution >= 0.6 is 0 Å². The van der Waals surface area contributed by atoms with Crippen LogP contribution in [-0.2, 0) is 7.05 Å². The smallest absolute Gasteiger partial charge is 0.264 e. The molecule has 1 aromatic carbocycles. The third kappa shape index (κ3) is 5.40. The molecule has 0 unspecified atom stereocenters. The van der Waals surface area contributed by atoms with E-state index in [-0.39, 0.29) is 16.3 Å². The van der Waals surface area contributed by atoms with Gasteiger partial charge < -0.3 is 4.98 Å². The Balaban J connectivity index is 0.00000112. The van der Waals surface area contributed by atoms with Gasteiger partial charge in [-0.1, -0.05) is 58.0 Å². The van der Waals surface area contributed by atoms with Crippen LogP contribution in [0.2, 0.25) is 0 Å². The first kappa shape index (κ1) is 20.6. The van der Waals surface area contributed by atoms with Crippen molar-refractivity contribution in [2.75, 3.05) is 0 Å². The van der Waals surface area contributed by atoms with E-state index in [1.807, 2.05) is 71.9 Å². The molecular formula is C19H28N2O2. The van der Waals surface area contributed by atoms with Crippen LogP contribution in [0, 0.1) is 0 Å². The van der Waals surface area contributed by atoms with Crippen molar-refractivity contribution >= 4 is 11.6 Å². The third-order valence-electron chi connectivity index (χ3n) is 2.93. The molecule has 1 aromatic heterocycles. The Labute approximate surface area is 137 Å². The van der Waals surface area contributed by atoms with Gasteiger partial charge in [0.05, 0.1) is 0 Å². The van der Waals surface area contributed by atoms with Crippen LogP contribution in [0.4, 0.5) is 0 Å². The van der Waals surface area contributed by atoms with Crippen molar-refractivity contribution in [3.63, 3.8) is 0 Å². The summed E-state index contributed by atoms with van der Waals surface area (Å²) in [6.07, 6.45) is 1.61. The minimum Gasteiger partial charge on any atom is -0.308 e. The molecule has 0 saturated heterocycles. The molecule has 4 heteroatoms. The molecule has 0 spiro atoms.